The van der Waals surface area contributed by atoms with Crippen LogP contribution in [0, 0.1) is 5.92 Å². The van der Waals surface area contributed by atoms with Crippen molar-refractivity contribution in [3.63, 3.8) is 0 Å². The number of rotatable bonds is 5. The lowest BCUT2D eigenvalue weighted by Gasteiger charge is -2.34. The topological polar surface area (TPSA) is 67.9 Å². The van der Waals surface area contributed by atoms with Gasteiger partial charge in [0.1, 0.15) is 5.75 Å². The largest absolute Gasteiger partial charge is 0.497 e. The van der Waals surface area contributed by atoms with Crippen molar-refractivity contribution in [3.05, 3.63) is 24.3 Å². The van der Waals surface area contributed by atoms with E-state index >= 15 is 0 Å². The highest BCUT2D eigenvalue weighted by molar-refractivity contribution is 5.94. The molecule has 0 aromatic heterocycles. The molecule has 1 aliphatic rings. The number of nitrogens with zero attached hydrogens (tertiary/aromatic N) is 1. The fourth-order valence-electron chi connectivity index (χ4n) is 2.80. The van der Waals surface area contributed by atoms with E-state index in [1.54, 1.807) is 13.2 Å². The summed E-state index contributed by atoms with van der Waals surface area (Å²) in [6.07, 6.45) is 1.45. The number of carbonyl (C=O) groups excluding carboxylic acids is 2. The van der Waals surface area contributed by atoms with Crippen LogP contribution in [-0.4, -0.2) is 50.1 Å². The number of amides is 1. The number of ether oxygens (including phenoxy) is 2. The van der Waals surface area contributed by atoms with Gasteiger partial charge >= 0.3 is 5.97 Å². The smallest absolute Gasteiger partial charge is 0.308 e. The molecule has 0 bridgehead atoms. The van der Waals surface area contributed by atoms with Gasteiger partial charge in [-0.2, -0.15) is 0 Å². The second kappa shape index (κ2) is 7.97. The van der Waals surface area contributed by atoms with Gasteiger partial charge in [-0.3, -0.25) is 14.5 Å². The summed E-state index contributed by atoms with van der Waals surface area (Å²) in [4.78, 5) is 26.0. The molecule has 0 aliphatic carbocycles. The summed E-state index contributed by atoms with van der Waals surface area (Å²) < 4.78 is 9.94. The molecule has 2 rings (SSSR count). The number of likely N-dealkylation sites (tertiary alicyclic amines) is 1. The number of carbonyl (C=O) groups is 2. The van der Waals surface area contributed by atoms with E-state index in [-0.39, 0.29) is 23.8 Å². The maximum Gasteiger partial charge on any atom is 0.308 e. The Balaban J connectivity index is 1.89. The lowest BCUT2D eigenvalue weighted by atomic mass is 9.96. The van der Waals surface area contributed by atoms with Crippen molar-refractivity contribution in [3.8, 4) is 5.75 Å². The Bertz CT molecular complexity index is 553. The predicted octanol–water partition coefficient (Wildman–Crippen LogP) is 1.91. The van der Waals surface area contributed by atoms with E-state index < -0.39 is 0 Å². The summed E-state index contributed by atoms with van der Waals surface area (Å²) in [5, 5.41) is 2.91. The van der Waals surface area contributed by atoms with E-state index in [4.69, 9.17) is 9.47 Å². The Kier molecular flexibility index (Phi) is 5.98. The first-order chi connectivity index (χ1) is 11.0. The molecule has 1 unspecified atom stereocenters. The Hall–Kier alpha value is -2.08. The quantitative estimate of drug-likeness (QED) is 0.839. The van der Waals surface area contributed by atoms with Crippen LogP contribution in [0.4, 0.5) is 5.69 Å². The van der Waals surface area contributed by atoms with Crippen molar-refractivity contribution in [2.45, 2.75) is 25.8 Å². The highest BCUT2D eigenvalue weighted by Gasteiger charge is 2.30. The van der Waals surface area contributed by atoms with Crippen LogP contribution >= 0.6 is 0 Å². The van der Waals surface area contributed by atoms with Crippen molar-refractivity contribution < 1.29 is 19.1 Å². The van der Waals surface area contributed by atoms with E-state index in [1.165, 1.54) is 7.11 Å². The Morgan fingerprint density at radius 2 is 1.96 bits per heavy atom. The number of nitrogens with one attached hydrogen (secondary N) is 1. The average Bonchev–Trinajstić information content (AvgIpc) is 2.60. The minimum absolute atomic E-state index is 0.0510. The molecule has 6 heteroatoms. The lowest BCUT2D eigenvalue weighted by Crippen LogP contribution is -2.47. The van der Waals surface area contributed by atoms with Gasteiger partial charge in [0.05, 0.1) is 26.2 Å². The number of benzene rings is 1. The fraction of sp³-hybridized carbons (Fsp3) is 0.529. The van der Waals surface area contributed by atoms with Crippen molar-refractivity contribution >= 4 is 17.6 Å². The highest BCUT2D eigenvalue weighted by Crippen LogP contribution is 2.21. The van der Waals surface area contributed by atoms with Crippen molar-refractivity contribution in [2.75, 3.05) is 32.6 Å². The van der Waals surface area contributed by atoms with Gasteiger partial charge in [0.25, 0.3) is 0 Å². The monoisotopic (exact) mass is 320 g/mol. The average molecular weight is 320 g/mol. The van der Waals surface area contributed by atoms with E-state index in [1.807, 2.05) is 25.1 Å². The van der Waals surface area contributed by atoms with Crippen LogP contribution in [-0.2, 0) is 14.3 Å². The summed E-state index contributed by atoms with van der Waals surface area (Å²) in [6.45, 7) is 3.31. The van der Waals surface area contributed by atoms with Crippen LogP contribution in [0.5, 0.6) is 5.75 Å². The van der Waals surface area contributed by atoms with E-state index in [0.717, 1.165) is 12.8 Å². The molecule has 1 heterocycles. The van der Waals surface area contributed by atoms with Crippen LogP contribution in [0.25, 0.3) is 0 Å². The minimum atomic E-state index is -0.250. The first-order valence-corrected chi connectivity index (χ1v) is 7.82. The normalized spacial score (nSPS) is 17.3. The molecule has 1 aromatic carbocycles. The summed E-state index contributed by atoms with van der Waals surface area (Å²) in [5.41, 5.74) is 0.714. The first-order valence-electron chi connectivity index (χ1n) is 7.82. The number of esters is 1. The van der Waals surface area contributed by atoms with Crippen LogP contribution in [0.3, 0.4) is 0 Å². The zero-order valence-electron chi connectivity index (χ0n) is 13.9. The van der Waals surface area contributed by atoms with Gasteiger partial charge in [-0.15, -0.1) is 0 Å². The summed E-state index contributed by atoms with van der Waals surface area (Å²) >= 11 is 0. The number of methoxy groups -OCH3 is 2. The van der Waals surface area contributed by atoms with Crippen molar-refractivity contribution in [1.82, 2.24) is 4.90 Å². The van der Waals surface area contributed by atoms with Crippen LogP contribution in [0.1, 0.15) is 19.8 Å². The second-order valence-corrected chi connectivity index (χ2v) is 5.73. The van der Waals surface area contributed by atoms with E-state index in [0.29, 0.717) is 24.5 Å². The molecule has 0 radical (unpaired) electrons. The second-order valence-electron chi connectivity index (χ2n) is 5.73. The zero-order chi connectivity index (χ0) is 16.8. The van der Waals surface area contributed by atoms with E-state index in [2.05, 4.69) is 10.2 Å². The minimum Gasteiger partial charge on any atom is -0.497 e. The molecule has 0 spiro atoms. The van der Waals surface area contributed by atoms with Gasteiger partial charge in [-0.25, -0.2) is 0 Å². The molecule has 126 valence electrons. The van der Waals surface area contributed by atoms with Gasteiger partial charge in [0.15, 0.2) is 0 Å². The van der Waals surface area contributed by atoms with Gasteiger partial charge < -0.3 is 14.8 Å². The molecule has 1 amide bonds. The molecule has 1 aliphatic heterocycles. The Labute approximate surface area is 136 Å². The Morgan fingerprint density at radius 3 is 2.57 bits per heavy atom. The first kappa shape index (κ1) is 17.3. The van der Waals surface area contributed by atoms with Gasteiger partial charge in [-0.05, 0) is 45.0 Å². The number of piperidine rings is 1. The molecular weight excluding hydrogens is 296 g/mol. The Morgan fingerprint density at radius 1 is 1.26 bits per heavy atom. The third-order valence-corrected chi connectivity index (χ3v) is 4.33. The molecule has 1 saturated heterocycles. The summed E-state index contributed by atoms with van der Waals surface area (Å²) in [5.74, 6) is 0.437. The lowest BCUT2D eigenvalue weighted by molar-refractivity contribution is -0.147. The maximum atomic E-state index is 12.4. The molecule has 1 fully saturated rings. The van der Waals surface area contributed by atoms with Crippen LogP contribution in [0.15, 0.2) is 24.3 Å². The summed E-state index contributed by atoms with van der Waals surface area (Å²) in [6, 6.07) is 7.03. The molecule has 1 aromatic rings. The predicted molar refractivity (Wildman–Crippen MR) is 87.4 cm³/mol. The van der Waals surface area contributed by atoms with Gasteiger partial charge in [-0.1, -0.05) is 6.07 Å². The van der Waals surface area contributed by atoms with Gasteiger partial charge in [0.2, 0.25) is 5.91 Å². The molecular formula is C17H24N2O4. The molecule has 6 nitrogen and oxygen atoms in total. The van der Waals surface area contributed by atoms with Crippen LogP contribution in [0.2, 0.25) is 0 Å². The van der Waals surface area contributed by atoms with Crippen molar-refractivity contribution in [1.29, 1.82) is 0 Å². The zero-order valence-corrected chi connectivity index (χ0v) is 13.9. The highest BCUT2D eigenvalue weighted by atomic mass is 16.5. The molecule has 23 heavy (non-hydrogen) atoms. The SMILES string of the molecule is COC(=O)C1CCN(C(C)C(=O)Nc2cccc(OC)c2)CC1. The number of hydrogen-bond acceptors (Lipinski definition) is 5. The van der Waals surface area contributed by atoms with Crippen molar-refractivity contribution in [2.24, 2.45) is 5.92 Å². The maximum absolute atomic E-state index is 12.4. The molecule has 1 atom stereocenters. The third kappa shape index (κ3) is 4.45. The molecule has 0 saturated carbocycles. The third-order valence-electron chi connectivity index (χ3n) is 4.33. The van der Waals surface area contributed by atoms with E-state index in [9.17, 15) is 9.59 Å². The number of anilines is 1. The number of hydrogen-bond donors (Lipinski definition) is 1. The molecule has 1 N–H and O–H groups in total. The van der Waals surface area contributed by atoms with Crippen LogP contribution < -0.4 is 10.1 Å². The van der Waals surface area contributed by atoms with Gasteiger partial charge in [0, 0.05) is 11.8 Å². The fourth-order valence-corrected chi connectivity index (χ4v) is 2.80. The standard InChI is InChI=1S/C17H24N2O4/c1-12(19-9-7-13(8-10-19)17(21)23-3)16(20)18-14-5-4-6-15(11-14)22-2/h4-6,11-13H,7-10H2,1-3H3,(H,18,20). The summed E-state index contributed by atoms with van der Waals surface area (Å²) in [7, 11) is 3.01.